The molecule has 21 heavy (non-hydrogen) atoms. The molecule has 0 bridgehead atoms. The number of aromatic amines is 1. The van der Waals surface area contributed by atoms with Gasteiger partial charge in [0.2, 0.25) is 5.91 Å². The summed E-state index contributed by atoms with van der Waals surface area (Å²) in [6, 6.07) is 7.88. The van der Waals surface area contributed by atoms with E-state index in [4.69, 9.17) is 5.11 Å². The summed E-state index contributed by atoms with van der Waals surface area (Å²) < 4.78 is 0. The van der Waals surface area contributed by atoms with Gasteiger partial charge >= 0.3 is 5.97 Å². The van der Waals surface area contributed by atoms with E-state index in [-0.39, 0.29) is 17.2 Å². The molecule has 0 atom stereocenters. The Hall–Kier alpha value is -2.21. The van der Waals surface area contributed by atoms with E-state index in [9.17, 15) is 9.59 Å². The largest absolute Gasteiger partial charge is 0.478 e. The Bertz CT molecular complexity index is 662. The van der Waals surface area contributed by atoms with Crippen molar-refractivity contribution in [3.05, 3.63) is 47.3 Å². The first-order valence-electron chi connectivity index (χ1n) is 6.38. The highest BCUT2D eigenvalue weighted by atomic mass is 32.2. The molecule has 1 aromatic carbocycles. The van der Waals surface area contributed by atoms with E-state index in [2.05, 4.69) is 10.3 Å². The minimum atomic E-state index is -1.06. The van der Waals surface area contributed by atoms with Crippen LogP contribution in [0.15, 0.2) is 35.4 Å². The molecule has 2 rings (SSSR count). The fraction of sp³-hybridized carbons (Fsp3) is 0.200. The van der Waals surface area contributed by atoms with Crippen molar-refractivity contribution >= 4 is 29.3 Å². The maximum atomic E-state index is 11.9. The van der Waals surface area contributed by atoms with Gasteiger partial charge in [-0.3, -0.25) is 4.79 Å². The number of hydrogen-bond donors (Lipinski definition) is 3. The summed E-state index contributed by atoms with van der Waals surface area (Å²) >= 11 is 1.41. The Morgan fingerprint density at radius 1 is 1.24 bits per heavy atom. The summed E-state index contributed by atoms with van der Waals surface area (Å²) in [4.78, 5) is 26.8. The molecular formula is C15H16N2O3S. The number of carboxylic acid groups (broad SMARTS) is 1. The maximum Gasteiger partial charge on any atom is 0.339 e. The van der Waals surface area contributed by atoms with E-state index < -0.39 is 5.97 Å². The fourth-order valence-electron chi connectivity index (χ4n) is 1.87. The lowest BCUT2D eigenvalue weighted by atomic mass is 10.2. The highest BCUT2D eigenvalue weighted by molar-refractivity contribution is 8.00. The summed E-state index contributed by atoms with van der Waals surface area (Å²) in [6.45, 7) is 3.66. The van der Waals surface area contributed by atoms with Crippen LogP contribution in [0.1, 0.15) is 21.6 Å². The molecule has 6 heteroatoms. The summed E-state index contributed by atoms with van der Waals surface area (Å²) in [6.07, 6.45) is 1.49. The van der Waals surface area contributed by atoms with Crippen LogP contribution in [0.25, 0.3) is 0 Å². The van der Waals surface area contributed by atoms with Gasteiger partial charge in [0.05, 0.1) is 11.4 Å². The average Bonchev–Trinajstić information content (AvgIpc) is 2.79. The van der Waals surface area contributed by atoms with E-state index >= 15 is 0 Å². The number of amides is 1. The van der Waals surface area contributed by atoms with Gasteiger partial charge < -0.3 is 15.4 Å². The minimum Gasteiger partial charge on any atom is -0.478 e. The summed E-state index contributed by atoms with van der Waals surface area (Å²) in [5.74, 6) is -1.07. The van der Waals surface area contributed by atoms with Gasteiger partial charge in [-0.1, -0.05) is 17.7 Å². The number of aromatic carboxylic acids is 1. The number of rotatable bonds is 5. The first kappa shape index (κ1) is 15.2. The number of benzene rings is 1. The number of carboxylic acids is 1. The predicted molar refractivity (Wildman–Crippen MR) is 83.0 cm³/mol. The second kappa shape index (κ2) is 6.49. The average molecular weight is 304 g/mol. The van der Waals surface area contributed by atoms with Gasteiger partial charge in [0.25, 0.3) is 0 Å². The molecule has 0 unspecified atom stereocenters. The molecule has 0 fully saturated rings. The van der Waals surface area contributed by atoms with Crippen molar-refractivity contribution < 1.29 is 14.7 Å². The number of carbonyl (C=O) groups excluding carboxylic acids is 1. The third-order valence-corrected chi connectivity index (χ3v) is 3.97. The zero-order valence-corrected chi connectivity index (χ0v) is 12.6. The highest BCUT2D eigenvalue weighted by Gasteiger charge is 2.17. The number of aromatic nitrogens is 1. The molecule has 0 saturated carbocycles. The molecule has 1 amide bonds. The van der Waals surface area contributed by atoms with E-state index in [0.29, 0.717) is 11.4 Å². The molecule has 0 aliphatic heterocycles. The SMILES string of the molecule is Cc1ccc(SCC(=O)Nc2c[nH]c(C)c2C(=O)O)cc1. The van der Waals surface area contributed by atoms with Crippen molar-refractivity contribution in [3.8, 4) is 0 Å². The lowest BCUT2D eigenvalue weighted by molar-refractivity contribution is -0.113. The van der Waals surface area contributed by atoms with Crippen LogP contribution >= 0.6 is 11.8 Å². The number of carbonyl (C=O) groups is 2. The van der Waals surface area contributed by atoms with E-state index in [1.165, 1.54) is 18.0 Å². The quantitative estimate of drug-likeness (QED) is 0.741. The van der Waals surface area contributed by atoms with Gasteiger partial charge in [-0.05, 0) is 26.0 Å². The molecule has 1 aromatic heterocycles. The third-order valence-electron chi connectivity index (χ3n) is 2.96. The van der Waals surface area contributed by atoms with E-state index in [1.807, 2.05) is 31.2 Å². The topological polar surface area (TPSA) is 82.2 Å². The summed E-state index contributed by atoms with van der Waals surface area (Å²) in [7, 11) is 0. The second-order valence-corrected chi connectivity index (χ2v) is 5.71. The van der Waals surface area contributed by atoms with Crippen LogP contribution in [0.4, 0.5) is 5.69 Å². The molecule has 3 N–H and O–H groups in total. The Labute approximate surface area is 126 Å². The van der Waals surface area contributed by atoms with Gasteiger partial charge in [0, 0.05) is 16.8 Å². The summed E-state index contributed by atoms with van der Waals surface area (Å²) in [5.41, 5.74) is 2.08. The molecule has 0 spiro atoms. The van der Waals surface area contributed by atoms with Gasteiger partial charge in [-0.15, -0.1) is 11.8 Å². The van der Waals surface area contributed by atoms with Crippen molar-refractivity contribution in [1.82, 2.24) is 4.98 Å². The zero-order valence-electron chi connectivity index (χ0n) is 11.8. The molecule has 2 aromatic rings. The van der Waals surface area contributed by atoms with E-state index in [0.717, 1.165) is 10.5 Å². The monoisotopic (exact) mass is 304 g/mol. The molecule has 0 aliphatic carbocycles. The van der Waals surface area contributed by atoms with Crippen molar-refractivity contribution in [2.75, 3.05) is 11.1 Å². The number of H-pyrrole nitrogens is 1. The number of aryl methyl sites for hydroxylation is 2. The minimum absolute atomic E-state index is 0.101. The molecule has 0 radical (unpaired) electrons. The van der Waals surface area contributed by atoms with Crippen LogP contribution in [0.5, 0.6) is 0 Å². The van der Waals surface area contributed by atoms with Crippen LogP contribution in [0.3, 0.4) is 0 Å². The fourth-order valence-corrected chi connectivity index (χ4v) is 2.57. The number of nitrogens with one attached hydrogen (secondary N) is 2. The van der Waals surface area contributed by atoms with Crippen molar-refractivity contribution in [3.63, 3.8) is 0 Å². The number of thioether (sulfide) groups is 1. The molecule has 0 aliphatic rings. The zero-order chi connectivity index (χ0) is 15.4. The standard InChI is InChI=1S/C15H16N2O3S/c1-9-3-5-11(6-4-9)21-8-13(18)17-12-7-16-10(2)14(12)15(19)20/h3-7,16H,8H2,1-2H3,(H,17,18)(H,19,20). The predicted octanol–water partition coefficient (Wildman–Crippen LogP) is 3.06. The van der Waals surface area contributed by atoms with Crippen LogP contribution in [-0.2, 0) is 4.79 Å². The Kier molecular flexibility index (Phi) is 4.70. The maximum absolute atomic E-state index is 11.9. The smallest absolute Gasteiger partial charge is 0.339 e. The van der Waals surface area contributed by atoms with Crippen LogP contribution in [-0.4, -0.2) is 27.7 Å². The lowest BCUT2D eigenvalue weighted by Gasteiger charge is -2.05. The van der Waals surface area contributed by atoms with Gasteiger partial charge in [0.1, 0.15) is 5.56 Å². The normalized spacial score (nSPS) is 10.4. The van der Waals surface area contributed by atoms with Crippen LogP contribution in [0, 0.1) is 13.8 Å². The molecule has 5 nitrogen and oxygen atoms in total. The molecule has 110 valence electrons. The summed E-state index contributed by atoms with van der Waals surface area (Å²) in [5, 5.41) is 11.7. The number of hydrogen-bond acceptors (Lipinski definition) is 3. The Balaban J connectivity index is 1.96. The van der Waals surface area contributed by atoms with Crippen LogP contribution in [0.2, 0.25) is 0 Å². The van der Waals surface area contributed by atoms with Gasteiger partial charge in [-0.25, -0.2) is 4.79 Å². The van der Waals surface area contributed by atoms with Crippen molar-refractivity contribution in [1.29, 1.82) is 0 Å². The molecule has 0 saturated heterocycles. The van der Waals surface area contributed by atoms with Gasteiger partial charge in [0.15, 0.2) is 0 Å². The first-order chi connectivity index (χ1) is 9.97. The van der Waals surface area contributed by atoms with E-state index in [1.54, 1.807) is 6.92 Å². The Morgan fingerprint density at radius 2 is 1.90 bits per heavy atom. The second-order valence-electron chi connectivity index (χ2n) is 4.66. The highest BCUT2D eigenvalue weighted by Crippen LogP contribution is 2.21. The van der Waals surface area contributed by atoms with Crippen LogP contribution < -0.4 is 5.32 Å². The van der Waals surface area contributed by atoms with Crippen molar-refractivity contribution in [2.24, 2.45) is 0 Å². The number of anilines is 1. The Morgan fingerprint density at radius 3 is 2.52 bits per heavy atom. The lowest BCUT2D eigenvalue weighted by Crippen LogP contribution is -2.15. The first-order valence-corrected chi connectivity index (χ1v) is 7.36. The van der Waals surface area contributed by atoms with Crippen molar-refractivity contribution in [2.45, 2.75) is 18.7 Å². The van der Waals surface area contributed by atoms with Gasteiger partial charge in [-0.2, -0.15) is 0 Å². The molecule has 1 heterocycles. The molecular weight excluding hydrogens is 288 g/mol. The third kappa shape index (κ3) is 3.88.